The van der Waals surface area contributed by atoms with Crippen molar-refractivity contribution in [2.45, 2.75) is 19.9 Å². The lowest BCUT2D eigenvalue weighted by Gasteiger charge is -2.20. The average Bonchev–Trinajstić information content (AvgIpc) is 2.96. The number of hydrogen-bond acceptors (Lipinski definition) is 4. The van der Waals surface area contributed by atoms with E-state index in [-0.39, 0.29) is 11.9 Å². The predicted molar refractivity (Wildman–Crippen MR) is 161 cm³/mol. The van der Waals surface area contributed by atoms with E-state index in [9.17, 15) is 9.59 Å². The van der Waals surface area contributed by atoms with E-state index in [0.29, 0.717) is 39.6 Å². The number of aldehydes is 1. The molecule has 39 heavy (non-hydrogen) atoms. The lowest BCUT2D eigenvalue weighted by atomic mass is 9.92. The molecule has 0 aliphatic rings. The molecule has 0 radical (unpaired) electrons. The van der Waals surface area contributed by atoms with Gasteiger partial charge in [-0.25, -0.2) is 0 Å². The van der Waals surface area contributed by atoms with Crippen LogP contribution in [0.2, 0.25) is 5.02 Å². The highest BCUT2D eigenvalue weighted by atomic mass is 35.5. The van der Waals surface area contributed by atoms with Gasteiger partial charge in [0.15, 0.2) is 6.29 Å². The number of allylic oxidation sites excluding steroid dienone is 4. The number of methoxy groups -OCH3 is 1. The summed E-state index contributed by atoms with van der Waals surface area (Å²) in [6.45, 7) is 12.3. The standard InChI is InChI=1S/C33H33ClN2O3/c1-6-12-30(22(3)7-2)35-23(4)27-15-11-16-29(34)32(27)28-18-17-25(19-26(28)20-37)33(38)36-31(21-39-5)24-13-9-8-10-14-24/h6-20,31,35H,2,4,21H2,1,3,5H3,(H,36,38)/b12-6-,30-22+/t31-/m1/s1. The van der Waals surface area contributed by atoms with Crippen molar-refractivity contribution in [3.8, 4) is 11.1 Å². The summed E-state index contributed by atoms with van der Waals surface area (Å²) in [6.07, 6.45) is 6.34. The number of amides is 1. The van der Waals surface area contributed by atoms with Gasteiger partial charge in [-0.1, -0.05) is 85.4 Å². The van der Waals surface area contributed by atoms with Gasteiger partial charge >= 0.3 is 0 Å². The van der Waals surface area contributed by atoms with Crippen molar-refractivity contribution in [2.24, 2.45) is 0 Å². The Morgan fingerprint density at radius 1 is 1.10 bits per heavy atom. The predicted octanol–water partition coefficient (Wildman–Crippen LogP) is 7.53. The maximum absolute atomic E-state index is 13.2. The van der Waals surface area contributed by atoms with Gasteiger partial charge in [0.2, 0.25) is 0 Å². The zero-order valence-electron chi connectivity index (χ0n) is 22.5. The van der Waals surface area contributed by atoms with Crippen molar-refractivity contribution in [1.29, 1.82) is 0 Å². The van der Waals surface area contributed by atoms with Crippen molar-refractivity contribution in [3.05, 3.63) is 137 Å². The number of carbonyl (C=O) groups is 2. The molecule has 0 aliphatic heterocycles. The number of nitrogens with one attached hydrogen (secondary N) is 2. The second-order valence-electron chi connectivity index (χ2n) is 8.88. The van der Waals surface area contributed by atoms with Crippen LogP contribution in [0.1, 0.15) is 51.7 Å². The van der Waals surface area contributed by atoms with Crippen molar-refractivity contribution < 1.29 is 14.3 Å². The first-order chi connectivity index (χ1) is 18.8. The maximum Gasteiger partial charge on any atom is 0.251 e. The van der Waals surface area contributed by atoms with E-state index in [0.717, 1.165) is 28.7 Å². The molecule has 0 fully saturated rings. The Hall–Kier alpha value is -4.19. The Labute approximate surface area is 235 Å². The van der Waals surface area contributed by atoms with Crippen LogP contribution in [0.15, 0.2) is 109 Å². The van der Waals surface area contributed by atoms with Crippen molar-refractivity contribution in [2.75, 3.05) is 13.7 Å². The van der Waals surface area contributed by atoms with Gasteiger partial charge in [0.1, 0.15) is 0 Å². The molecule has 3 aromatic carbocycles. The molecule has 0 saturated carbocycles. The van der Waals surface area contributed by atoms with Gasteiger partial charge < -0.3 is 15.4 Å². The van der Waals surface area contributed by atoms with E-state index >= 15 is 0 Å². The van der Waals surface area contributed by atoms with E-state index in [2.05, 4.69) is 23.8 Å². The van der Waals surface area contributed by atoms with Crippen LogP contribution in [0.4, 0.5) is 0 Å². The van der Waals surface area contributed by atoms with Gasteiger partial charge in [0.05, 0.1) is 12.6 Å². The summed E-state index contributed by atoms with van der Waals surface area (Å²) in [5, 5.41) is 6.80. The molecule has 0 saturated heterocycles. The molecular formula is C33H33ClN2O3. The smallest absolute Gasteiger partial charge is 0.251 e. The average molecular weight is 541 g/mol. The fourth-order valence-corrected chi connectivity index (χ4v) is 4.45. The first-order valence-corrected chi connectivity index (χ1v) is 12.9. The fourth-order valence-electron chi connectivity index (χ4n) is 4.17. The van der Waals surface area contributed by atoms with Crippen LogP contribution in [-0.2, 0) is 4.74 Å². The summed E-state index contributed by atoms with van der Waals surface area (Å²) in [4.78, 5) is 25.4. The molecule has 6 heteroatoms. The van der Waals surface area contributed by atoms with Gasteiger partial charge in [-0.05, 0) is 54.8 Å². The zero-order chi connectivity index (χ0) is 28.4. The third-order valence-corrected chi connectivity index (χ3v) is 6.55. The highest BCUT2D eigenvalue weighted by Crippen LogP contribution is 2.36. The second kappa shape index (κ2) is 14.1. The number of carbonyl (C=O) groups excluding carboxylic acids is 2. The normalized spacial score (nSPS) is 12.4. The minimum atomic E-state index is -0.342. The molecule has 2 N–H and O–H groups in total. The Bertz CT molecular complexity index is 1420. The van der Waals surface area contributed by atoms with Crippen LogP contribution in [-0.4, -0.2) is 25.9 Å². The second-order valence-corrected chi connectivity index (χ2v) is 9.29. The van der Waals surface area contributed by atoms with Crippen molar-refractivity contribution >= 4 is 29.5 Å². The minimum absolute atomic E-state index is 0.307. The van der Waals surface area contributed by atoms with Gasteiger partial charge in [-0.2, -0.15) is 0 Å². The molecule has 1 atom stereocenters. The van der Waals surface area contributed by atoms with Gasteiger partial charge in [0, 0.05) is 45.8 Å². The SMILES string of the molecule is C=C/C(C)=C(\C=C/C)NC(=C)c1cccc(Cl)c1-c1ccc(C(=O)N[C@H](COC)c2ccccc2)cc1C=O. The van der Waals surface area contributed by atoms with Crippen LogP contribution < -0.4 is 10.6 Å². The molecule has 0 heterocycles. The molecule has 0 aromatic heterocycles. The van der Waals surface area contributed by atoms with Crippen LogP contribution in [0.25, 0.3) is 16.8 Å². The first kappa shape index (κ1) is 29.4. The molecular weight excluding hydrogens is 508 g/mol. The number of halogens is 1. The quantitative estimate of drug-likeness (QED) is 0.184. The lowest BCUT2D eigenvalue weighted by Crippen LogP contribution is -2.31. The molecule has 200 valence electrons. The monoisotopic (exact) mass is 540 g/mol. The highest BCUT2D eigenvalue weighted by molar-refractivity contribution is 6.34. The van der Waals surface area contributed by atoms with E-state index in [1.165, 1.54) is 0 Å². The van der Waals surface area contributed by atoms with Crippen molar-refractivity contribution in [3.63, 3.8) is 0 Å². The maximum atomic E-state index is 13.2. The Kier molecular flexibility index (Phi) is 10.6. The number of benzene rings is 3. The zero-order valence-corrected chi connectivity index (χ0v) is 23.2. The summed E-state index contributed by atoms with van der Waals surface area (Å²) in [7, 11) is 1.58. The molecule has 3 rings (SSSR count). The molecule has 5 nitrogen and oxygen atoms in total. The molecule has 0 aliphatic carbocycles. The number of ether oxygens (including phenoxy) is 1. The van der Waals surface area contributed by atoms with Crippen LogP contribution >= 0.6 is 11.6 Å². The Balaban J connectivity index is 1.99. The third kappa shape index (κ3) is 7.23. The molecule has 0 unspecified atom stereocenters. The van der Waals surface area contributed by atoms with E-state index < -0.39 is 0 Å². The largest absolute Gasteiger partial charge is 0.382 e. The lowest BCUT2D eigenvalue weighted by molar-refractivity contribution is 0.0896. The first-order valence-electron chi connectivity index (χ1n) is 12.5. The third-order valence-electron chi connectivity index (χ3n) is 6.24. The van der Waals surface area contributed by atoms with Gasteiger partial charge in [-0.3, -0.25) is 9.59 Å². The molecule has 1 amide bonds. The Morgan fingerprint density at radius 2 is 1.85 bits per heavy atom. The number of rotatable bonds is 12. The number of hydrogen-bond donors (Lipinski definition) is 2. The van der Waals surface area contributed by atoms with E-state index in [1.54, 1.807) is 37.5 Å². The minimum Gasteiger partial charge on any atom is -0.382 e. The molecule has 0 bridgehead atoms. The molecule has 3 aromatic rings. The summed E-state index contributed by atoms with van der Waals surface area (Å²) in [5.74, 6) is -0.318. The summed E-state index contributed by atoms with van der Waals surface area (Å²) >= 11 is 6.68. The topological polar surface area (TPSA) is 67.4 Å². The Morgan fingerprint density at radius 3 is 2.49 bits per heavy atom. The van der Waals surface area contributed by atoms with Gasteiger partial charge in [-0.15, -0.1) is 0 Å². The summed E-state index contributed by atoms with van der Waals surface area (Å²) < 4.78 is 5.32. The summed E-state index contributed by atoms with van der Waals surface area (Å²) in [6, 6.07) is 19.7. The van der Waals surface area contributed by atoms with Crippen molar-refractivity contribution in [1.82, 2.24) is 10.6 Å². The highest BCUT2D eigenvalue weighted by Gasteiger charge is 2.20. The van der Waals surface area contributed by atoms with Crippen LogP contribution in [0, 0.1) is 0 Å². The fraction of sp³-hybridized carbons (Fsp3) is 0.152. The summed E-state index contributed by atoms with van der Waals surface area (Å²) in [5.41, 5.74) is 5.96. The van der Waals surface area contributed by atoms with Gasteiger partial charge in [0.25, 0.3) is 5.91 Å². The van der Waals surface area contributed by atoms with E-state index in [4.69, 9.17) is 16.3 Å². The molecule has 0 spiro atoms. The van der Waals surface area contributed by atoms with Crippen LogP contribution in [0.3, 0.4) is 0 Å². The van der Waals surface area contributed by atoms with Crippen LogP contribution in [0.5, 0.6) is 0 Å². The van der Waals surface area contributed by atoms with E-state index in [1.807, 2.05) is 68.5 Å².